The molecule has 1 aromatic heterocycles. The Morgan fingerprint density at radius 3 is 3.15 bits per heavy atom. The molecule has 1 aromatic rings. The van der Waals surface area contributed by atoms with Gasteiger partial charge < -0.3 is 5.32 Å². The third-order valence-electron chi connectivity index (χ3n) is 1.34. The van der Waals surface area contributed by atoms with Crippen molar-refractivity contribution in [2.45, 2.75) is 19.8 Å². The van der Waals surface area contributed by atoms with Crippen molar-refractivity contribution in [2.75, 3.05) is 5.32 Å². The topological polar surface area (TPSA) is 65.8 Å². The number of hydrogen-bond donors (Lipinski definition) is 1. The van der Waals surface area contributed by atoms with Gasteiger partial charge in [-0.3, -0.25) is 4.79 Å². The lowest BCUT2D eigenvalue weighted by Gasteiger charge is -1.97. The fourth-order valence-electron chi connectivity index (χ4n) is 0.792. The van der Waals surface area contributed by atoms with Gasteiger partial charge in [-0.25, -0.2) is 4.98 Å². The minimum atomic E-state index is -0.0543. The average Bonchev–Trinajstić information content (AvgIpc) is 2.52. The van der Waals surface area contributed by atoms with Crippen LogP contribution in [0, 0.1) is 11.3 Å². The van der Waals surface area contributed by atoms with Gasteiger partial charge in [-0.05, 0) is 6.42 Å². The summed E-state index contributed by atoms with van der Waals surface area (Å²) >= 11 is 1.18. The zero-order valence-electron chi connectivity index (χ0n) is 7.20. The molecule has 1 heterocycles. The minimum absolute atomic E-state index is 0.0543. The smallest absolute Gasteiger partial charge is 0.226 e. The van der Waals surface area contributed by atoms with Crippen molar-refractivity contribution >= 4 is 22.4 Å². The number of nitrogens with one attached hydrogen (secondary N) is 1. The molecule has 0 aliphatic carbocycles. The summed E-state index contributed by atoms with van der Waals surface area (Å²) in [4.78, 5) is 15.5. The number of hydrogen-bond acceptors (Lipinski definition) is 4. The number of nitriles is 1. The molecule has 0 fully saturated rings. The first-order valence-corrected chi connectivity index (χ1v) is 4.73. The number of amides is 1. The van der Waals surface area contributed by atoms with E-state index in [0.717, 1.165) is 6.42 Å². The van der Waals surface area contributed by atoms with Gasteiger partial charge in [0.2, 0.25) is 5.91 Å². The van der Waals surface area contributed by atoms with Crippen LogP contribution in [0.15, 0.2) is 6.20 Å². The molecule has 0 saturated heterocycles. The van der Waals surface area contributed by atoms with E-state index in [9.17, 15) is 4.79 Å². The van der Waals surface area contributed by atoms with Crippen molar-refractivity contribution < 1.29 is 4.79 Å². The highest BCUT2D eigenvalue weighted by molar-refractivity contribution is 7.16. The molecular weight excluding hydrogens is 186 g/mol. The van der Waals surface area contributed by atoms with Gasteiger partial charge in [-0.15, -0.1) is 0 Å². The Morgan fingerprint density at radius 1 is 1.85 bits per heavy atom. The molecule has 0 aromatic carbocycles. The summed E-state index contributed by atoms with van der Waals surface area (Å²) in [7, 11) is 0. The van der Waals surface area contributed by atoms with Crippen LogP contribution in [-0.2, 0) is 4.79 Å². The van der Waals surface area contributed by atoms with Crippen LogP contribution in [0.3, 0.4) is 0 Å². The molecule has 13 heavy (non-hydrogen) atoms. The molecule has 0 aliphatic heterocycles. The van der Waals surface area contributed by atoms with Crippen LogP contribution in [0.2, 0.25) is 0 Å². The molecule has 0 bridgehead atoms. The second-order valence-electron chi connectivity index (χ2n) is 2.44. The summed E-state index contributed by atoms with van der Waals surface area (Å²) in [5.41, 5.74) is 0. The maximum absolute atomic E-state index is 11.1. The first-order valence-electron chi connectivity index (χ1n) is 3.92. The standard InChI is InChI=1S/C8H9N3OS/c1-2-3-7(12)11-8-10-5-6(4-9)13-8/h5H,2-3H2,1H3,(H,10,11,12). The predicted octanol–water partition coefficient (Wildman–Crippen LogP) is 1.75. The fourth-order valence-corrected chi connectivity index (χ4v) is 1.42. The Bertz CT molecular complexity index is 339. The number of carbonyl (C=O) groups excluding carboxylic acids is 1. The van der Waals surface area contributed by atoms with Gasteiger partial charge in [0, 0.05) is 6.42 Å². The monoisotopic (exact) mass is 195 g/mol. The number of rotatable bonds is 3. The average molecular weight is 195 g/mol. The largest absolute Gasteiger partial charge is 0.302 e. The van der Waals surface area contributed by atoms with Crippen LogP contribution < -0.4 is 5.32 Å². The van der Waals surface area contributed by atoms with E-state index in [1.807, 2.05) is 13.0 Å². The van der Waals surface area contributed by atoms with Crippen LogP contribution in [-0.4, -0.2) is 10.9 Å². The van der Waals surface area contributed by atoms with Crippen molar-refractivity contribution in [1.82, 2.24) is 4.98 Å². The summed E-state index contributed by atoms with van der Waals surface area (Å²) < 4.78 is 0. The third-order valence-corrected chi connectivity index (χ3v) is 2.16. The molecule has 1 amide bonds. The van der Waals surface area contributed by atoms with Gasteiger partial charge in [0.15, 0.2) is 5.13 Å². The highest BCUT2D eigenvalue weighted by atomic mass is 32.1. The number of thiazole rings is 1. The molecule has 0 aliphatic rings. The van der Waals surface area contributed by atoms with Crippen LogP contribution in [0.25, 0.3) is 0 Å². The summed E-state index contributed by atoms with van der Waals surface area (Å²) in [5, 5.41) is 11.6. The fraction of sp³-hybridized carbons (Fsp3) is 0.375. The molecule has 0 spiro atoms. The van der Waals surface area contributed by atoms with E-state index < -0.39 is 0 Å². The number of nitrogens with zero attached hydrogens (tertiary/aromatic N) is 2. The second-order valence-corrected chi connectivity index (χ2v) is 3.47. The van der Waals surface area contributed by atoms with Crippen molar-refractivity contribution in [3.8, 4) is 6.07 Å². The van der Waals surface area contributed by atoms with E-state index in [2.05, 4.69) is 10.3 Å². The molecular formula is C8H9N3OS. The van der Waals surface area contributed by atoms with Crippen molar-refractivity contribution in [2.24, 2.45) is 0 Å². The number of aromatic nitrogens is 1. The molecule has 1 N–H and O–H groups in total. The van der Waals surface area contributed by atoms with Gasteiger partial charge in [-0.2, -0.15) is 5.26 Å². The van der Waals surface area contributed by atoms with E-state index in [-0.39, 0.29) is 5.91 Å². The van der Waals surface area contributed by atoms with Gasteiger partial charge in [-0.1, -0.05) is 18.3 Å². The first kappa shape index (κ1) is 9.68. The SMILES string of the molecule is CCCC(=O)Nc1ncc(C#N)s1. The lowest BCUT2D eigenvalue weighted by atomic mass is 10.3. The Hall–Kier alpha value is -1.41. The van der Waals surface area contributed by atoms with Crippen molar-refractivity contribution in [3.63, 3.8) is 0 Å². The Morgan fingerprint density at radius 2 is 2.62 bits per heavy atom. The van der Waals surface area contributed by atoms with Crippen LogP contribution in [0.1, 0.15) is 24.6 Å². The molecule has 68 valence electrons. The van der Waals surface area contributed by atoms with Crippen molar-refractivity contribution in [1.29, 1.82) is 5.26 Å². The molecule has 0 atom stereocenters. The molecule has 0 unspecified atom stereocenters. The summed E-state index contributed by atoms with van der Waals surface area (Å²) in [6, 6.07) is 1.96. The van der Waals surface area contributed by atoms with Crippen molar-refractivity contribution in [3.05, 3.63) is 11.1 Å². The quantitative estimate of drug-likeness (QED) is 0.799. The van der Waals surface area contributed by atoms with E-state index in [4.69, 9.17) is 5.26 Å². The zero-order valence-corrected chi connectivity index (χ0v) is 8.02. The maximum atomic E-state index is 11.1. The summed E-state index contributed by atoms with van der Waals surface area (Å²) in [6.45, 7) is 1.93. The molecule has 1 rings (SSSR count). The van der Waals surface area contributed by atoms with Gasteiger partial charge >= 0.3 is 0 Å². The highest BCUT2D eigenvalue weighted by Crippen LogP contribution is 2.16. The Balaban J connectivity index is 2.55. The normalized spacial score (nSPS) is 9.23. The van der Waals surface area contributed by atoms with Gasteiger partial charge in [0.25, 0.3) is 0 Å². The third kappa shape index (κ3) is 2.84. The zero-order chi connectivity index (χ0) is 9.68. The molecule has 0 saturated carbocycles. The molecule has 4 nitrogen and oxygen atoms in total. The first-order chi connectivity index (χ1) is 6.26. The minimum Gasteiger partial charge on any atom is -0.302 e. The number of carbonyl (C=O) groups is 1. The lowest BCUT2D eigenvalue weighted by Crippen LogP contribution is -2.09. The summed E-state index contributed by atoms with van der Waals surface area (Å²) in [6.07, 6.45) is 2.75. The van der Waals surface area contributed by atoms with Crippen LogP contribution in [0.4, 0.5) is 5.13 Å². The molecule has 5 heteroatoms. The van der Waals surface area contributed by atoms with E-state index in [1.54, 1.807) is 0 Å². The van der Waals surface area contributed by atoms with Gasteiger partial charge in [0.05, 0.1) is 6.20 Å². The summed E-state index contributed by atoms with van der Waals surface area (Å²) in [5.74, 6) is -0.0543. The Kier molecular flexibility index (Phi) is 3.41. The molecule has 0 radical (unpaired) electrons. The van der Waals surface area contributed by atoms with E-state index >= 15 is 0 Å². The lowest BCUT2D eigenvalue weighted by molar-refractivity contribution is -0.116. The Labute approximate surface area is 80.2 Å². The van der Waals surface area contributed by atoms with E-state index in [0.29, 0.717) is 16.4 Å². The van der Waals surface area contributed by atoms with Crippen LogP contribution in [0.5, 0.6) is 0 Å². The second kappa shape index (κ2) is 4.58. The maximum Gasteiger partial charge on any atom is 0.226 e. The highest BCUT2D eigenvalue weighted by Gasteiger charge is 2.04. The van der Waals surface area contributed by atoms with Gasteiger partial charge in [0.1, 0.15) is 10.9 Å². The van der Waals surface area contributed by atoms with E-state index in [1.165, 1.54) is 17.5 Å². The van der Waals surface area contributed by atoms with Crippen LogP contribution >= 0.6 is 11.3 Å². The predicted molar refractivity (Wildman–Crippen MR) is 50.4 cm³/mol. The number of anilines is 1.